The second-order valence-corrected chi connectivity index (χ2v) is 5.89. The molecule has 0 radical (unpaired) electrons. The summed E-state index contributed by atoms with van der Waals surface area (Å²) in [7, 11) is 0. The Balaban J connectivity index is 1.76. The minimum Gasteiger partial charge on any atom is -0.388 e. The van der Waals surface area contributed by atoms with Gasteiger partial charge in [0.25, 0.3) is 0 Å². The second kappa shape index (κ2) is 6.84. The molecule has 1 aromatic rings. The standard InChI is InChI=1S/C16H24N2O2/c1-2-13-5-7-16(20,8-6-13)12-18-15(19)10-14-4-3-9-17-11-14/h3-4,9,11,13,20H,2,5-8,10,12H2,1H3,(H,18,19). The van der Waals surface area contributed by atoms with Gasteiger partial charge in [0.15, 0.2) is 0 Å². The van der Waals surface area contributed by atoms with Crippen LogP contribution in [-0.2, 0) is 11.2 Å². The van der Waals surface area contributed by atoms with Crippen LogP contribution in [0, 0.1) is 5.92 Å². The van der Waals surface area contributed by atoms with E-state index in [1.807, 2.05) is 12.1 Å². The molecule has 0 bridgehead atoms. The van der Waals surface area contributed by atoms with Crippen molar-refractivity contribution in [3.05, 3.63) is 30.1 Å². The zero-order valence-corrected chi connectivity index (χ0v) is 12.1. The first-order chi connectivity index (χ1) is 9.61. The van der Waals surface area contributed by atoms with Gasteiger partial charge in [0.1, 0.15) is 0 Å². The quantitative estimate of drug-likeness (QED) is 0.865. The van der Waals surface area contributed by atoms with Crippen molar-refractivity contribution >= 4 is 5.91 Å². The fourth-order valence-electron chi connectivity index (χ4n) is 2.81. The van der Waals surface area contributed by atoms with Crippen LogP contribution >= 0.6 is 0 Å². The molecule has 2 N–H and O–H groups in total. The number of amides is 1. The van der Waals surface area contributed by atoms with Gasteiger partial charge in [-0.15, -0.1) is 0 Å². The first-order valence-corrected chi connectivity index (χ1v) is 7.49. The van der Waals surface area contributed by atoms with Crippen molar-refractivity contribution in [3.63, 3.8) is 0 Å². The van der Waals surface area contributed by atoms with Crippen molar-refractivity contribution in [2.45, 2.75) is 51.0 Å². The Morgan fingerprint density at radius 2 is 2.25 bits per heavy atom. The lowest BCUT2D eigenvalue weighted by Crippen LogP contribution is -2.45. The smallest absolute Gasteiger partial charge is 0.224 e. The van der Waals surface area contributed by atoms with Gasteiger partial charge in [-0.25, -0.2) is 0 Å². The molecule has 1 saturated carbocycles. The minimum absolute atomic E-state index is 0.0518. The molecule has 0 unspecified atom stereocenters. The van der Waals surface area contributed by atoms with Gasteiger partial charge in [0.2, 0.25) is 5.91 Å². The molecule has 4 heteroatoms. The highest BCUT2D eigenvalue weighted by atomic mass is 16.3. The number of aliphatic hydroxyl groups is 1. The molecular formula is C16H24N2O2. The third kappa shape index (κ3) is 4.30. The fraction of sp³-hybridized carbons (Fsp3) is 0.625. The van der Waals surface area contributed by atoms with Gasteiger partial charge in [-0.2, -0.15) is 0 Å². The summed E-state index contributed by atoms with van der Waals surface area (Å²) in [6.07, 6.45) is 8.59. The molecule has 1 aliphatic rings. The maximum Gasteiger partial charge on any atom is 0.224 e. The van der Waals surface area contributed by atoms with E-state index in [2.05, 4.69) is 17.2 Å². The highest BCUT2D eigenvalue weighted by Crippen LogP contribution is 2.33. The molecule has 0 atom stereocenters. The molecule has 1 fully saturated rings. The van der Waals surface area contributed by atoms with E-state index in [4.69, 9.17) is 0 Å². The van der Waals surface area contributed by atoms with Gasteiger partial charge in [0, 0.05) is 18.9 Å². The molecule has 4 nitrogen and oxygen atoms in total. The van der Waals surface area contributed by atoms with Crippen LogP contribution in [0.5, 0.6) is 0 Å². The van der Waals surface area contributed by atoms with Crippen LogP contribution in [0.3, 0.4) is 0 Å². The van der Waals surface area contributed by atoms with Gasteiger partial charge >= 0.3 is 0 Å². The van der Waals surface area contributed by atoms with Crippen LogP contribution in [0.15, 0.2) is 24.5 Å². The SMILES string of the molecule is CCC1CCC(O)(CNC(=O)Cc2cccnc2)CC1. The summed E-state index contributed by atoms with van der Waals surface area (Å²) in [4.78, 5) is 15.9. The predicted molar refractivity (Wildman–Crippen MR) is 78.1 cm³/mol. The number of pyridine rings is 1. The van der Waals surface area contributed by atoms with Crippen molar-refractivity contribution in [2.75, 3.05) is 6.54 Å². The van der Waals surface area contributed by atoms with Crippen molar-refractivity contribution in [3.8, 4) is 0 Å². The minimum atomic E-state index is -0.712. The van der Waals surface area contributed by atoms with Gasteiger partial charge in [0.05, 0.1) is 12.0 Å². The molecule has 0 aliphatic heterocycles. The van der Waals surface area contributed by atoms with Crippen molar-refractivity contribution in [1.82, 2.24) is 10.3 Å². The van der Waals surface area contributed by atoms with Gasteiger partial charge in [-0.1, -0.05) is 19.4 Å². The van der Waals surface area contributed by atoms with Crippen LogP contribution < -0.4 is 5.32 Å². The Morgan fingerprint density at radius 1 is 1.50 bits per heavy atom. The van der Waals surface area contributed by atoms with E-state index < -0.39 is 5.60 Å². The summed E-state index contributed by atoms with van der Waals surface area (Å²) in [6, 6.07) is 3.70. The monoisotopic (exact) mass is 276 g/mol. The van der Waals surface area contributed by atoms with Gasteiger partial charge in [-0.05, 0) is 43.2 Å². The lowest BCUT2D eigenvalue weighted by molar-refractivity contribution is -0.122. The second-order valence-electron chi connectivity index (χ2n) is 5.89. The number of hydrogen-bond donors (Lipinski definition) is 2. The zero-order valence-electron chi connectivity index (χ0n) is 12.1. The largest absolute Gasteiger partial charge is 0.388 e. The third-order valence-electron chi connectivity index (χ3n) is 4.32. The van der Waals surface area contributed by atoms with E-state index in [1.54, 1.807) is 12.4 Å². The van der Waals surface area contributed by atoms with Crippen molar-refractivity contribution in [1.29, 1.82) is 0 Å². The Bertz CT molecular complexity index is 425. The molecule has 1 heterocycles. The van der Waals surface area contributed by atoms with E-state index in [0.717, 1.165) is 37.2 Å². The molecule has 2 rings (SSSR count). The van der Waals surface area contributed by atoms with E-state index in [0.29, 0.717) is 13.0 Å². The summed E-state index contributed by atoms with van der Waals surface area (Å²) in [5, 5.41) is 13.3. The molecule has 20 heavy (non-hydrogen) atoms. The van der Waals surface area contributed by atoms with E-state index in [1.165, 1.54) is 6.42 Å². The summed E-state index contributed by atoms with van der Waals surface area (Å²) >= 11 is 0. The van der Waals surface area contributed by atoms with Crippen molar-refractivity contribution < 1.29 is 9.90 Å². The Morgan fingerprint density at radius 3 is 2.85 bits per heavy atom. The Labute approximate surface area is 120 Å². The molecule has 1 aromatic heterocycles. The number of nitrogens with zero attached hydrogens (tertiary/aromatic N) is 1. The number of carbonyl (C=O) groups excluding carboxylic acids is 1. The van der Waals surface area contributed by atoms with E-state index in [9.17, 15) is 9.90 Å². The average molecular weight is 276 g/mol. The molecule has 0 spiro atoms. The van der Waals surface area contributed by atoms with Gasteiger partial charge in [-0.3, -0.25) is 9.78 Å². The van der Waals surface area contributed by atoms with Crippen LogP contribution in [0.4, 0.5) is 0 Å². The Hall–Kier alpha value is -1.42. The lowest BCUT2D eigenvalue weighted by atomic mass is 9.78. The summed E-state index contributed by atoms with van der Waals surface area (Å²) < 4.78 is 0. The first kappa shape index (κ1) is 15.0. The topological polar surface area (TPSA) is 62.2 Å². The highest BCUT2D eigenvalue weighted by Gasteiger charge is 2.32. The first-order valence-electron chi connectivity index (χ1n) is 7.49. The average Bonchev–Trinajstić information content (AvgIpc) is 2.47. The maximum absolute atomic E-state index is 11.9. The highest BCUT2D eigenvalue weighted by molar-refractivity contribution is 5.78. The van der Waals surface area contributed by atoms with Crippen LogP contribution in [0.2, 0.25) is 0 Å². The number of aromatic nitrogens is 1. The zero-order chi connectivity index (χ0) is 14.4. The maximum atomic E-state index is 11.9. The predicted octanol–water partition coefficient (Wildman–Crippen LogP) is 2.07. The normalized spacial score (nSPS) is 26.2. The van der Waals surface area contributed by atoms with Crippen molar-refractivity contribution in [2.24, 2.45) is 5.92 Å². The number of nitrogens with one attached hydrogen (secondary N) is 1. The van der Waals surface area contributed by atoms with E-state index in [-0.39, 0.29) is 5.91 Å². The summed E-state index contributed by atoms with van der Waals surface area (Å²) in [5.74, 6) is 0.686. The van der Waals surface area contributed by atoms with Crippen LogP contribution in [-0.4, -0.2) is 28.1 Å². The lowest BCUT2D eigenvalue weighted by Gasteiger charge is -2.35. The molecule has 0 aromatic carbocycles. The van der Waals surface area contributed by atoms with Gasteiger partial charge < -0.3 is 10.4 Å². The molecule has 1 aliphatic carbocycles. The summed E-state index contributed by atoms with van der Waals surface area (Å²) in [6.45, 7) is 2.56. The number of hydrogen-bond acceptors (Lipinski definition) is 3. The summed E-state index contributed by atoms with van der Waals surface area (Å²) in [5.41, 5.74) is 0.183. The molecule has 0 saturated heterocycles. The Kier molecular flexibility index (Phi) is 5.12. The third-order valence-corrected chi connectivity index (χ3v) is 4.32. The number of rotatable bonds is 5. The molecule has 110 valence electrons. The van der Waals surface area contributed by atoms with Crippen LogP contribution in [0.25, 0.3) is 0 Å². The molecule has 1 amide bonds. The fourth-order valence-corrected chi connectivity index (χ4v) is 2.81. The number of carbonyl (C=O) groups is 1. The van der Waals surface area contributed by atoms with Crippen LogP contribution in [0.1, 0.15) is 44.6 Å². The van der Waals surface area contributed by atoms with E-state index >= 15 is 0 Å². The molecular weight excluding hydrogens is 252 g/mol.